The molecular weight excluding hydrogens is 334 g/mol. The van der Waals surface area contributed by atoms with Crippen LogP contribution in [0.2, 0.25) is 0 Å². The second-order valence-corrected chi connectivity index (χ2v) is 5.40. The van der Waals surface area contributed by atoms with Crippen LogP contribution in [0.3, 0.4) is 0 Å². The fraction of sp³-hybridized carbons (Fsp3) is 0.158. The molecule has 0 bridgehead atoms. The number of rotatable bonds is 6. The van der Waals surface area contributed by atoms with Crippen molar-refractivity contribution >= 4 is 11.6 Å². The van der Waals surface area contributed by atoms with Gasteiger partial charge in [0.1, 0.15) is 17.2 Å². The van der Waals surface area contributed by atoms with E-state index in [9.17, 15) is 4.79 Å². The summed E-state index contributed by atoms with van der Waals surface area (Å²) < 4.78 is 15.7. The van der Waals surface area contributed by atoms with Crippen LogP contribution in [0.25, 0.3) is 11.3 Å². The highest BCUT2D eigenvalue weighted by Gasteiger charge is 2.09. The van der Waals surface area contributed by atoms with Gasteiger partial charge in [0, 0.05) is 17.7 Å². The Labute approximate surface area is 150 Å². The van der Waals surface area contributed by atoms with Gasteiger partial charge in [-0.25, -0.2) is 4.98 Å². The molecule has 7 heteroatoms. The summed E-state index contributed by atoms with van der Waals surface area (Å²) in [6.07, 6.45) is 0. The molecule has 0 atom stereocenters. The number of aromatic amines is 1. The largest absolute Gasteiger partial charge is 0.497 e. The Morgan fingerprint density at radius 3 is 2.23 bits per heavy atom. The maximum Gasteiger partial charge on any atom is 0.252 e. The quantitative estimate of drug-likeness (QED) is 0.708. The number of H-pyrrole nitrogens is 1. The van der Waals surface area contributed by atoms with E-state index in [4.69, 9.17) is 14.2 Å². The summed E-state index contributed by atoms with van der Waals surface area (Å²) in [4.78, 5) is 19.2. The Morgan fingerprint density at radius 2 is 1.58 bits per heavy atom. The van der Waals surface area contributed by atoms with Crippen LogP contribution in [-0.2, 0) is 0 Å². The minimum absolute atomic E-state index is 0.263. The van der Waals surface area contributed by atoms with Crippen molar-refractivity contribution in [3.8, 4) is 28.5 Å². The Bertz CT molecular complexity index is 952. The molecule has 3 aromatic rings. The molecule has 7 nitrogen and oxygen atoms in total. The van der Waals surface area contributed by atoms with E-state index in [-0.39, 0.29) is 5.56 Å². The first-order chi connectivity index (χ1) is 12.6. The highest BCUT2D eigenvalue weighted by Crippen LogP contribution is 2.30. The molecular formula is C19H19N3O4. The molecule has 0 saturated carbocycles. The maximum absolute atomic E-state index is 12.0. The number of anilines is 2. The molecule has 26 heavy (non-hydrogen) atoms. The van der Waals surface area contributed by atoms with Crippen LogP contribution in [0.5, 0.6) is 17.2 Å². The van der Waals surface area contributed by atoms with E-state index in [1.54, 1.807) is 39.5 Å². The second-order valence-electron chi connectivity index (χ2n) is 5.40. The number of hydrogen-bond donors (Lipinski definition) is 2. The van der Waals surface area contributed by atoms with Gasteiger partial charge in [-0.1, -0.05) is 0 Å². The molecule has 1 heterocycles. The molecule has 134 valence electrons. The third-order valence-corrected chi connectivity index (χ3v) is 3.79. The molecule has 0 aliphatic rings. The fourth-order valence-electron chi connectivity index (χ4n) is 2.46. The van der Waals surface area contributed by atoms with Crippen LogP contribution in [-0.4, -0.2) is 31.3 Å². The second kappa shape index (κ2) is 7.60. The number of methoxy groups -OCH3 is 3. The topological polar surface area (TPSA) is 85.5 Å². The summed E-state index contributed by atoms with van der Waals surface area (Å²) in [5.41, 5.74) is 1.75. The molecule has 0 spiro atoms. The van der Waals surface area contributed by atoms with Gasteiger partial charge in [0.2, 0.25) is 5.95 Å². The predicted molar refractivity (Wildman–Crippen MR) is 99.7 cm³/mol. The molecule has 0 unspecified atom stereocenters. The van der Waals surface area contributed by atoms with Crippen LogP contribution in [0.4, 0.5) is 11.6 Å². The van der Waals surface area contributed by atoms with E-state index < -0.39 is 0 Å². The van der Waals surface area contributed by atoms with Gasteiger partial charge in [0.25, 0.3) is 5.56 Å². The van der Waals surface area contributed by atoms with Crippen molar-refractivity contribution < 1.29 is 14.2 Å². The van der Waals surface area contributed by atoms with E-state index in [0.717, 1.165) is 11.3 Å². The zero-order valence-electron chi connectivity index (χ0n) is 14.7. The molecule has 0 radical (unpaired) electrons. The van der Waals surface area contributed by atoms with Crippen LogP contribution in [0.1, 0.15) is 0 Å². The summed E-state index contributed by atoms with van der Waals surface area (Å²) in [5.74, 6) is 2.29. The van der Waals surface area contributed by atoms with E-state index in [1.165, 1.54) is 6.07 Å². The Kier molecular flexibility index (Phi) is 5.07. The van der Waals surface area contributed by atoms with Crippen molar-refractivity contribution in [1.82, 2.24) is 9.97 Å². The maximum atomic E-state index is 12.0. The van der Waals surface area contributed by atoms with Gasteiger partial charge < -0.3 is 19.5 Å². The van der Waals surface area contributed by atoms with Crippen LogP contribution in [0, 0.1) is 0 Å². The van der Waals surface area contributed by atoms with E-state index >= 15 is 0 Å². The fourth-order valence-corrected chi connectivity index (χ4v) is 2.46. The monoisotopic (exact) mass is 353 g/mol. The summed E-state index contributed by atoms with van der Waals surface area (Å²) in [6.45, 7) is 0. The standard InChI is InChI=1S/C19H19N3O4/c1-24-13-6-4-12(5-7-13)16-11-18(23)22-19(21-16)20-15-9-8-14(25-2)10-17(15)26-3/h4-11H,1-3H3,(H2,20,21,22,23). The normalized spacial score (nSPS) is 10.3. The minimum Gasteiger partial charge on any atom is -0.497 e. The van der Waals surface area contributed by atoms with Gasteiger partial charge in [0.15, 0.2) is 0 Å². The van der Waals surface area contributed by atoms with Gasteiger partial charge >= 0.3 is 0 Å². The van der Waals surface area contributed by atoms with Crippen molar-refractivity contribution in [3.05, 3.63) is 58.9 Å². The average Bonchev–Trinajstić information content (AvgIpc) is 2.68. The molecule has 0 saturated heterocycles. The lowest BCUT2D eigenvalue weighted by atomic mass is 10.1. The average molecular weight is 353 g/mol. The number of nitrogens with one attached hydrogen (secondary N) is 2. The molecule has 3 rings (SSSR count). The molecule has 0 aliphatic heterocycles. The van der Waals surface area contributed by atoms with Crippen LogP contribution in [0.15, 0.2) is 53.3 Å². The lowest BCUT2D eigenvalue weighted by Crippen LogP contribution is -2.11. The van der Waals surface area contributed by atoms with Gasteiger partial charge in [0.05, 0.1) is 32.7 Å². The van der Waals surface area contributed by atoms with Crippen molar-refractivity contribution in [2.75, 3.05) is 26.6 Å². The molecule has 0 amide bonds. The van der Waals surface area contributed by atoms with Crippen molar-refractivity contribution in [2.24, 2.45) is 0 Å². The van der Waals surface area contributed by atoms with Crippen molar-refractivity contribution in [1.29, 1.82) is 0 Å². The Morgan fingerprint density at radius 1 is 0.885 bits per heavy atom. The molecule has 0 aliphatic carbocycles. The van der Waals surface area contributed by atoms with Crippen molar-refractivity contribution in [2.45, 2.75) is 0 Å². The smallest absolute Gasteiger partial charge is 0.252 e. The van der Waals surface area contributed by atoms with E-state index in [2.05, 4.69) is 15.3 Å². The first-order valence-electron chi connectivity index (χ1n) is 7.88. The third kappa shape index (κ3) is 3.77. The Balaban J connectivity index is 1.94. The number of aromatic nitrogens is 2. The van der Waals surface area contributed by atoms with Crippen LogP contribution >= 0.6 is 0 Å². The SMILES string of the molecule is COc1ccc(-c2cc(=O)[nH]c(Nc3ccc(OC)cc3OC)n2)cc1. The molecule has 1 aromatic heterocycles. The minimum atomic E-state index is -0.263. The summed E-state index contributed by atoms with van der Waals surface area (Å²) in [6, 6.07) is 14.1. The Hall–Kier alpha value is -3.48. The highest BCUT2D eigenvalue weighted by molar-refractivity contribution is 5.66. The third-order valence-electron chi connectivity index (χ3n) is 3.79. The molecule has 2 N–H and O–H groups in total. The van der Waals surface area contributed by atoms with Gasteiger partial charge in [-0.15, -0.1) is 0 Å². The zero-order chi connectivity index (χ0) is 18.5. The summed E-state index contributed by atoms with van der Waals surface area (Å²) in [5, 5.41) is 3.08. The number of ether oxygens (including phenoxy) is 3. The first kappa shape index (κ1) is 17.3. The van der Waals surface area contributed by atoms with Gasteiger partial charge in [-0.2, -0.15) is 0 Å². The molecule has 2 aromatic carbocycles. The lowest BCUT2D eigenvalue weighted by Gasteiger charge is -2.12. The highest BCUT2D eigenvalue weighted by atomic mass is 16.5. The van der Waals surface area contributed by atoms with Gasteiger partial charge in [-0.05, 0) is 36.4 Å². The van der Waals surface area contributed by atoms with E-state index in [1.807, 2.05) is 24.3 Å². The summed E-state index contributed by atoms with van der Waals surface area (Å²) in [7, 11) is 4.74. The van der Waals surface area contributed by atoms with Crippen molar-refractivity contribution in [3.63, 3.8) is 0 Å². The zero-order valence-corrected chi connectivity index (χ0v) is 14.7. The van der Waals surface area contributed by atoms with Gasteiger partial charge in [-0.3, -0.25) is 9.78 Å². The predicted octanol–water partition coefficient (Wildman–Crippen LogP) is 3.21. The first-order valence-corrected chi connectivity index (χ1v) is 7.88. The van der Waals surface area contributed by atoms with Crippen LogP contribution < -0.4 is 25.1 Å². The lowest BCUT2D eigenvalue weighted by molar-refractivity contribution is 0.395. The summed E-state index contributed by atoms with van der Waals surface area (Å²) >= 11 is 0. The number of benzene rings is 2. The number of hydrogen-bond acceptors (Lipinski definition) is 6. The van der Waals surface area contributed by atoms with E-state index in [0.29, 0.717) is 28.8 Å². The number of nitrogens with zero attached hydrogens (tertiary/aromatic N) is 1. The molecule has 0 fully saturated rings.